The van der Waals surface area contributed by atoms with E-state index in [0.29, 0.717) is 27.6 Å². The topological polar surface area (TPSA) is 26.3 Å². The highest BCUT2D eigenvalue weighted by atomic mass is 16.5. The fourth-order valence-electron chi connectivity index (χ4n) is 11.6. The zero-order valence-corrected chi connectivity index (χ0v) is 23.8. The second-order valence-electron chi connectivity index (χ2n) is 15.2. The Kier molecular flexibility index (Phi) is 5.57. The molecular weight excluding hydrogens is 416 g/mol. The van der Waals surface area contributed by atoms with Gasteiger partial charge in [0, 0.05) is 12.3 Å². The average molecular weight is 469 g/mol. The van der Waals surface area contributed by atoms with Crippen LogP contribution < -0.4 is 0 Å². The number of hydrogen-bond acceptors (Lipinski definition) is 2. The van der Waals surface area contributed by atoms with Crippen molar-refractivity contribution in [3.63, 3.8) is 0 Å². The van der Waals surface area contributed by atoms with Crippen LogP contribution in [0.1, 0.15) is 127 Å². The Morgan fingerprint density at radius 1 is 0.824 bits per heavy atom. The summed E-state index contributed by atoms with van der Waals surface area (Å²) in [5, 5.41) is 0. The van der Waals surface area contributed by atoms with Gasteiger partial charge in [-0.15, -0.1) is 0 Å². The minimum Gasteiger partial charge on any atom is -0.462 e. The normalized spacial score (nSPS) is 49.7. The van der Waals surface area contributed by atoms with E-state index in [1.165, 1.54) is 57.8 Å². The minimum absolute atomic E-state index is 0.0563. The summed E-state index contributed by atoms with van der Waals surface area (Å²) in [4.78, 5) is 11.9. The van der Waals surface area contributed by atoms with Crippen molar-refractivity contribution >= 4 is 5.97 Å². The molecule has 0 aromatic carbocycles. The van der Waals surface area contributed by atoms with Crippen molar-refractivity contribution in [2.45, 2.75) is 133 Å². The molecule has 2 heteroatoms. The Balaban J connectivity index is 1.52. The lowest BCUT2D eigenvalue weighted by molar-refractivity contribution is -0.213. The van der Waals surface area contributed by atoms with Crippen molar-refractivity contribution in [1.82, 2.24) is 0 Å². The van der Waals surface area contributed by atoms with Crippen LogP contribution in [0.5, 0.6) is 0 Å². The van der Waals surface area contributed by atoms with Gasteiger partial charge in [-0.1, -0.05) is 66.5 Å². The molecule has 0 aliphatic heterocycles. The highest BCUT2D eigenvalue weighted by Gasteiger charge is 2.68. The van der Waals surface area contributed by atoms with Gasteiger partial charge in [-0.2, -0.15) is 0 Å². The highest BCUT2D eigenvalue weighted by Crippen LogP contribution is 2.76. The molecule has 0 amide bonds. The molecule has 0 aromatic rings. The summed E-state index contributed by atoms with van der Waals surface area (Å²) in [5.41, 5.74) is 5.44. The third kappa shape index (κ3) is 3.01. The molecule has 0 saturated heterocycles. The monoisotopic (exact) mass is 468 g/mol. The maximum Gasteiger partial charge on any atom is 0.302 e. The van der Waals surface area contributed by atoms with Crippen molar-refractivity contribution in [1.29, 1.82) is 0 Å². The van der Waals surface area contributed by atoms with Gasteiger partial charge in [0.2, 0.25) is 0 Å². The summed E-state index contributed by atoms with van der Waals surface area (Å²) in [6.45, 7) is 22.0. The molecule has 5 aliphatic carbocycles. The van der Waals surface area contributed by atoms with E-state index in [2.05, 4.69) is 55.4 Å². The summed E-state index contributed by atoms with van der Waals surface area (Å²) < 4.78 is 5.91. The van der Waals surface area contributed by atoms with Crippen molar-refractivity contribution in [3.05, 3.63) is 11.1 Å². The maximum absolute atomic E-state index is 11.9. The first-order valence-electron chi connectivity index (χ1n) is 14.6. The Hall–Kier alpha value is -0.790. The lowest BCUT2D eigenvalue weighted by Crippen LogP contribution is -2.64. The Labute approximate surface area is 210 Å². The van der Waals surface area contributed by atoms with Gasteiger partial charge in [0.25, 0.3) is 0 Å². The molecule has 2 nitrogen and oxygen atoms in total. The largest absolute Gasteiger partial charge is 0.462 e. The lowest BCUT2D eigenvalue weighted by atomic mass is 9.34. The average Bonchev–Trinajstić information content (AvgIpc) is 3.08. The molecule has 0 radical (unpaired) electrons. The van der Waals surface area contributed by atoms with Crippen LogP contribution in [0.15, 0.2) is 11.1 Å². The second kappa shape index (κ2) is 7.61. The SMILES string of the molecule is CC(=O)O[C@H]1CC[C@]2(C)[C@H]3CCC4=C5CC[C@H](C(C)C)[C@@]5(C)CC[C@@]4(C)[C@]3(C)CC[C@H]2C1(C)C. The van der Waals surface area contributed by atoms with Crippen molar-refractivity contribution in [2.75, 3.05) is 0 Å². The van der Waals surface area contributed by atoms with Gasteiger partial charge >= 0.3 is 5.97 Å². The van der Waals surface area contributed by atoms with Crippen LogP contribution in [0.3, 0.4) is 0 Å². The predicted octanol–water partition coefficient (Wildman–Crippen LogP) is 8.74. The molecule has 0 unspecified atom stereocenters. The zero-order valence-electron chi connectivity index (χ0n) is 23.8. The van der Waals surface area contributed by atoms with Crippen molar-refractivity contribution in [3.8, 4) is 0 Å². The molecule has 8 atom stereocenters. The van der Waals surface area contributed by atoms with Crippen LogP contribution in [0.2, 0.25) is 0 Å². The van der Waals surface area contributed by atoms with Gasteiger partial charge < -0.3 is 4.74 Å². The fraction of sp³-hybridized carbons (Fsp3) is 0.906. The van der Waals surface area contributed by atoms with E-state index in [1.54, 1.807) is 6.92 Å². The lowest BCUT2D eigenvalue weighted by Gasteiger charge is -2.70. The summed E-state index contributed by atoms with van der Waals surface area (Å²) in [7, 11) is 0. The summed E-state index contributed by atoms with van der Waals surface area (Å²) in [6, 6.07) is 0. The van der Waals surface area contributed by atoms with Crippen LogP contribution in [-0.4, -0.2) is 12.1 Å². The van der Waals surface area contributed by atoms with E-state index in [1.807, 2.05) is 11.1 Å². The molecule has 192 valence electrons. The van der Waals surface area contributed by atoms with E-state index in [4.69, 9.17) is 4.74 Å². The van der Waals surface area contributed by atoms with Gasteiger partial charge in [-0.05, 0) is 110 Å². The smallest absolute Gasteiger partial charge is 0.302 e. The second-order valence-corrected chi connectivity index (χ2v) is 15.2. The molecule has 5 rings (SSSR count). The minimum atomic E-state index is -0.106. The molecule has 0 spiro atoms. The first kappa shape index (κ1) is 24.9. The number of allylic oxidation sites excluding steroid dienone is 2. The number of carbonyl (C=O) groups is 1. The van der Waals surface area contributed by atoms with Crippen LogP contribution in [-0.2, 0) is 9.53 Å². The molecule has 5 aliphatic rings. The molecule has 0 aromatic heterocycles. The van der Waals surface area contributed by atoms with E-state index in [0.717, 1.165) is 24.2 Å². The molecule has 0 bridgehead atoms. The molecule has 0 heterocycles. The number of ether oxygens (including phenoxy) is 1. The molecular formula is C32H52O2. The number of carbonyl (C=O) groups excluding carboxylic acids is 1. The highest BCUT2D eigenvalue weighted by molar-refractivity contribution is 5.66. The fourth-order valence-corrected chi connectivity index (χ4v) is 11.6. The van der Waals surface area contributed by atoms with Crippen LogP contribution in [0, 0.1) is 50.7 Å². The van der Waals surface area contributed by atoms with E-state index >= 15 is 0 Å². The van der Waals surface area contributed by atoms with E-state index < -0.39 is 0 Å². The molecule has 4 fully saturated rings. The summed E-state index contributed by atoms with van der Waals surface area (Å²) >= 11 is 0. The number of esters is 1. The van der Waals surface area contributed by atoms with E-state index in [9.17, 15) is 4.79 Å². The predicted molar refractivity (Wildman–Crippen MR) is 140 cm³/mol. The summed E-state index contributed by atoms with van der Waals surface area (Å²) in [5.74, 6) is 2.97. The van der Waals surface area contributed by atoms with Gasteiger partial charge in [0.15, 0.2) is 0 Å². The van der Waals surface area contributed by atoms with Crippen LogP contribution in [0.25, 0.3) is 0 Å². The third-order valence-electron chi connectivity index (χ3n) is 13.4. The molecule has 0 N–H and O–H groups in total. The van der Waals surface area contributed by atoms with Gasteiger partial charge in [0.1, 0.15) is 6.10 Å². The van der Waals surface area contributed by atoms with E-state index in [-0.39, 0.29) is 17.5 Å². The van der Waals surface area contributed by atoms with Crippen molar-refractivity contribution < 1.29 is 9.53 Å². The van der Waals surface area contributed by atoms with Gasteiger partial charge in [-0.25, -0.2) is 0 Å². The molecule has 34 heavy (non-hydrogen) atoms. The number of hydrogen-bond donors (Lipinski definition) is 0. The van der Waals surface area contributed by atoms with Crippen LogP contribution >= 0.6 is 0 Å². The molecule has 4 saturated carbocycles. The first-order valence-corrected chi connectivity index (χ1v) is 14.6. The third-order valence-corrected chi connectivity index (χ3v) is 13.4. The first-order chi connectivity index (χ1) is 15.7. The quantitative estimate of drug-likeness (QED) is 0.299. The van der Waals surface area contributed by atoms with Gasteiger partial charge in [-0.3, -0.25) is 4.79 Å². The van der Waals surface area contributed by atoms with Crippen molar-refractivity contribution in [2.24, 2.45) is 50.7 Å². The summed E-state index contributed by atoms with van der Waals surface area (Å²) in [6.07, 6.45) is 13.2. The Morgan fingerprint density at radius 2 is 1.50 bits per heavy atom. The Morgan fingerprint density at radius 3 is 2.15 bits per heavy atom. The standard InChI is InChI=1S/C32H52O2/c1-20(2)22-10-11-23-24-12-13-26-30(7)16-15-27(34-21(3)33)28(4,5)25(30)14-17-32(26,9)31(24,8)19-18-29(22,23)6/h20,22,25-27H,10-19H2,1-9H3/t22-,25+,26-,27+,29-,30+,31-,32-/m1/s1. The maximum atomic E-state index is 11.9. The zero-order chi connectivity index (χ0) is 24.9. The number of rotatable bonds is 2. The van der Waals surface area contributed by atoms with Crippen LogP contribution in [0.4, 0.5) is 0 Å². The number of fused-ring (bicyclic) bond motifs is 6. The van der Waals surface area contributed by atoms with Gasteiger partial charge in [0.05, 0.1) is 0 Å². The Bertz CT molecular complexity index is 897.